The lowest BCUT2D eigenvalue weighted by atomic mass is 10.2. The standard InChI is InChI=1S/C11H9ClN4O4/c1-6-14-10(15-20-6)5-13-11(17)8-4-7(16(18)19)2-3-9(8)12/h2-4H,5H2,1H3,(H,13,17). The van der Waals surface area contributed by atoms with E-state index < -0.39 is 10.8 Å². The lowest BCUT2D eigenvalue weighted by molar-refractivity contribution is -0.384. The second-order valence-corrected chi connectivity index (χ2v) is 4.24. The van der Waals surface area contributed by atoms with Gasteiger partial charge in [0, 0.05) is 19.1 Å². The molecular weight excluding hydrogens is 288 g/mol. The first-order valence-electron chi connectivity index (χ1n) is 5.48. The Morgan fingerprint density at radius 2 is 2.30 bits per heavy atom. The number of hydrogen-bond acceptors (Lipinski definition) is 6. The summed E-state index contributed by atoms with van der Waals surface area (Å²) in [4.78, 5) is 25.9. The fraction of sp³-hybridized carbons (Fsp3) is 0.182. The summed E-state index contributed by atoms with van der Waals surface area (Å²) in [5.41, 5.74) is -0.198. The summed E-state index contributed by atoms with van der Waals surface area (Å²) in [5, 5.41) is 16.9. The van der Waals surface area contributed by atoms with Gasteiger partial charge in [-0.05, 0) is 6.07 Å². The minimum atomic E-state index is -0.602. The van der Waals surface area contributed by atoms with E-state index in [0.29, 0.717) is 11.7 Å². The fourth-order valence-electron chi connectivity index (χ4n) is 1.47. The minimum absolute atomic E-state index is 0.0149. The Kier molecular flexibility index (Phi) is 3.94. The van der Waals surface area contributed by atoms with E-state index in [-0.39, 0.29) is 22.8 Å². The maximum atomic E-state index is 11.9. The molecule has 1 amide bonds. The molecule has 0 saturated heterocycles. The van der Waals surface area contributed by atoms with E-state index in [1.54, 1.807) is 6.92 Å². The number of nitrogens with one attached hydrogen (secondary N) is 1. The molecule has 0 saturated carbocycles. The molecule has 2 aromatic rings. The van der Waals surface area contributed by atoms with Gasteiger partial charge in [0.15, 0.2) is 5.82 Å². The number of carbonyl (C=O) groups excluding carboxylic acids is 1. The number of nitro benzene ring substituents is 1. The summed E-state index contributed by atoms with van der Waals surface area (Å²) in [6.45, 7) is 1.66. The second kappa shape index (κ2) is 5.66. The van der Waals surface area contributed by atoms with Gasteiger partial charge in [0.1, 0.15) is 0 Å². The van der Waals surface area contributed by atoms with Crippen LogP contribution in [0.25, 0.3) is 0 Å². The molecule has 0 unspecified atom stereocenters. The lowest BCUT2D eigenvalue weighted by Crippen LogP contribution is -2.23. The quantitative estimate of drug-likeness (QED) is 0.681. The van der Waals surface area contributed by atoms with Crippen molar-refractivity contribution >= 4 is 23.2 Å². The number of halogens is 1. The molecular formula is C11H9ClN4O4. The van der Waals surface area contributed by atoms with Gasteiger partial charge in [-0.2, -0.15) is 4.98 Å². The van der Waals surface area contributed by atoms with E-state index in [0.717, 1.165) is 6.07 Å². The van der Waals surface area contributed by atoms with E-state index in [2.05, 4.69) is 15.5 Å². The zero-order chi connectivity index (χ0) is 14.7. The summed E-state index contributed by atoms with van der Waals surface area (Å²) >= 11 is 5.85. The molecule has 20 heavy (non-hydrogen) atoms. The molecule has 0 fully saturated rings. The van der Waals surface area contributed by atoms with Crippen LogP contribution in [-0.4, -0.2) is 21.0 Å². The van der Waals surface area contributed by atoms with Crippen molar-refractivity contribution in [3.63, 3.8) is 0 Å². The Morgan fingerprint density at radius 3 is 2.90 bits per heavy atom. The normalized spacial score (nSPS) is 10.3. The molecule has 0 aliphatic heterocycles. The average molecular weight is 297 g/mol. The highest BCUT2D eigenvalue weighted by atomic mass is 35.5. The van der Waals surface area contributed by atoms with Gasteiger partial charge in [0.25, 0.3) is 11.6 Å². The highest BCUT2D eigenvalue weighted by Gasteiger charge is 2.16. The summed E-state index contributed by atoms with van der Waals surface area (Å²) < 4.78 is 4.75. The Morgan fingerprint density at radius 1 is 1.55 bits per heavy atom. The molecule has 104 valence electrons. The van der Waals surface area contributed by atoms with Gasteiger partial charge >= 0.3 is 0 Å². The van der Waals surface area contributed by atoms with Gasteiger partial charge in [-0.15, -0.1) is 0 Å². The van der Waals surface area contributed by atoms with Gasteiger partial charge in [-0.3, -0.25) is 14.9 Å². The van der Waals surface area contributed by atoms with Crippen molar-refractivity contribution in [3.8, 4) is 0 Å². The zero-order valence-corrected chi connectivity index (χ0v) is 11.0. The van der Waals surface area contributed by atoms with Gasteiger partial charge in [0.05, 0.1) is 22.1 Å². The van der Waals surface area contributed by atoms with Crippen LogP contribution in [0.15, 0.2) is 22.7 Å². The van der Waals surface area contributed by atoms with Crippen LogP contribution in [0.2, 0.25) is 5.02 Å². The zero-order valence-electron chi connectivity index (χ0n) is 10.3. The summed E-state index contributed by atoms with van der Waals surface area (Å²) in [5.74, 6) is 0.126. The Labute approximate surface area is 117 Å². The number of nitrogens with zero attached hydrogens (tertiary/aromatic N) is 3. The van der Waals surface area contributed by atoms with Crippen LogP contribution in [0.5, 0.6) is 0 Å². The molecule has 9 heteroatoms. The van der Waals surface area contributed by atoms with Crippen molar-refractivity contribution in [2.75, 3.05) is 0 Å². The predicted octanol–water partition coefficient (Wildman–Crippen LogP) is 1.87. The highest BCUT2D eigenvalue weighted by Crippen LogP contribution is 2.21. The molecule has 1 N–H and O–H groups in total. The second-order valence-electron chi connectivity index (χ2n) is 3.83. The molecule has 0 radical (unpaired) electrons. The van der Waals surface area contributed by atoms with Gasteiger partial charge in [-0.1, -0.05) is 16.8 Å². The van der Waals surface area contributed by atoms with Gasteiger partial charge in [-0.25, -0.2) is 0 Å². The Bertz CT molecular complexity index is 670. The molecule has 0 spiro atoms. The first-order valence-corrected chi connectivity index (χ1v) is 5.86. The van der Waals surface area contributed by atoms with Crippen LogP contribution in [0, 0.1) is 17.0 Å². The molecule has 1 heterocycles. The van der Waals surface area contributed by atoms with Crippen LogP contribution in [0.4, 0.5) is 5.69 Å². The van der Waals surface area contributed by atoms with E-state index in [1.807, 2.05) is 0 Å². The van der Waals surface area contributed by atoms with Crippen LogP contribution < -0.4 is 5.32 Å². The van der Waals surface area contributed by atoms with Gasteiger partial charge in [0.2, 0.25) is 5.89 Å². The van der Waals surface area contributed by atoms with Crippen LogP contribution >= 0.6 is 11.6 Å². The Hall–Kier alpha value is -2.48. The van der Waals surface area contributed by atoms with Crippen molar-refractivity contribution in [2.45, 2.75) is 13.5 Å². The number of carbonyl (C=O) groups is 1. The molecule has 8 nitrogen and oxygen atoms in total. The maximum Gasteiger partial charge on any atom is 0.270 e. The number of rotatable bonds is 4. The van der Waals surface area contributed by atoms with Crippen molar-refractivity contribution in [1.82, 2.24) is 15.5 Å². The monoisotopic (exact) mass is 296 g/mol. The summed E-state index contributed by atoms with van der Waals surface area (Å²) in [7, 11) is 0. The van der Waals surface area contributed by atoms with E-state index in [9.17, 15) is 14.9 Å². The number of benzene rings is 1. The molecule has 1 aromatic heterocycles. The lowest BCUT2D eigenvalue weighted by Gasteiger charge is -2.04. The molecule has 0 atom stereocenters. The first kappa shape index (κ1) is 13.9. The first-order chi connectivity index (χ1) is 9.47. The van der Waals surface area contributed by atoms with Crippen LogP contribution in [0.1, 0.15) is 22.1 Å². The number of nitro groups is 1. The molecule has 0 aliphatic carbocycles. The third-order valence-corrected chi connectivity index (χ3v) is 2.71. The third-order valence-electron chi connectivity index (χ3n) is 2.38. The van der Waals surface area contributed by atoms with Crippen molar-refractivity contribution in [2.24, 2.45) is 0 Å². The summed E-state index contributed by atoms with van der Waals surface area (Å²) in [6.07, 6.45) is 0. The van der Waals surface area contributed by atoms with Crippen LogP contribution in [-0.2, 0) is 6.54 Å². The number of aryl methyl sites for hydroxylation is 1. The van der Waals surface area contributed by atoms with E-state index >= 15 is 0 Å². The third kappa shape index (κ3) is 3.09. The van der Waals surface area contributed by atoms with Crippen LogP contribution in [0.3, 0.4) is 0 Å². The number of non-ortho nitro benzene ring substituents is 1. The fourth-order valence-corrected chi connectivity index (χ4v) is 1.67. The molecule has 0 aliphatic rings. The largest absolute Gasteiger partial charge is 0.345 e. The topological polar surface area (TPSA) is 111 Å². The predicted molar refractivity (Wildman–Crippen MR) is 68.3 cm³/mol. The Balaban J connectivity index is 2.12. The SMILES string of the molecule is Cc1nc(CNC(=O)c2cc([N+](=O)[O-])ccc2Cl)no1. The van der Waals surface area contributed by atoms with Crippen molar-refractivity contribution in [3.05, 3.63) is 50.6 Å². The molecule has 0 bridgehead atoms. The van der Waals surface area contributed by atoms with Crippen molar-refractivity contribution in [1.29, 1.82) is 0 Å². The smallest absolute Gasteiger partial charge is 0.270 e. The van der Waals surface area contributed by atoms with Crippen molar-refractivity contribution < 1.29 is 14.2 Å². The number of aromatic nitrogens is 2. The van der Waals surface area contributed by atoms with Gasteiger partial charge < -0.3 is 9.84 Å². The highest BCUT2D eigenvalue weighted by molar-refractivity contribution is 6.33. The minimum Gasteiger partial charge on any atom is -0.345 e. The number of amides is 1. The van der Waals surface area contributed by atoms with E-state index in [1.165, 1.54) is 12.1 Å². The van der Waals surface area contributed by atoms with E-state index in [4.69, 9.17) is 16.1 Å². The number of hydrogen-bond donors (Lipinski definition) is 1. The summed E-state index contributed by atoms with van der Waals surface area (Å²) in [6, 6.07) is 3.63. The molecule has 1 aromatic carbocycles. The average Bonchev–Trinajstić information content (AvgIpc) is 2.82. The molecule has 2 rings (SSSR count). The maximum absolute atomic E-state index is 11.9.